The van der Waals surface area contributed by atoms with Gasteiger partial charge in [0.25, 0.3) is 5.56 Å². The maximum atomic E-state index is 13.1. The van der Waals surface area contributed by atoms with E-state index in [1.54, 1.807) is 25.5 Å². The van der Waals surface area contributed by atoms with Crippen LogP contribution in [0.5, 0.6) is 0 Å². The van der Waals surface area contributed by atoms with E-state index >= 15 is 0 Å². The third kappa shape index (κ3) is 4.72. The quantitative estimate of drug-likeness (QED) is 0.498. The fourth-order valence-corrected chi connectivity index (χ4v) is 3.95. The van der Waals surface area contributed by atoms with Crippen LogP contribution in [0.15, 0.2) is 38.3 Å². The van der Waals surface area contributed by atoms with E-state index in [9.17, 15) is 14.4 Å². The smallest absolute Gasteiger partial charge is 0.332 e. The first-order chi connectivity index (χ1) is 14.7. The highest BCUT2D eigenvalue weighted by Crippen LogP contribution is 2.28. The summed E-state index contributed by atoms with van der Waals surface area (Å²) in [6, 6.07) is 7.74. The second-order valence-electron chi connectivity index (χ2n) is 9.68. The molecule has 1 aromatic carbocycles. The molecule has 0 aliphatic heterocycles. The molecule has 0 bridgehead atoms. The minimum atomic E-state index is -0.895. The summed E-state index contributed by atoms with van der Waals surface area (Å²) >= 11 is 3.48. The van der Waals surface area contributed by atoms with Crippen molar-refractivity contribution in [1.82, 2.24) is 18.7 Å². The van der Waals surface area contributed by atoms with Gasteiger partial charge in [-0.2, -0.15) is 0 Å². The summed E-state index contributed by atoms with van der Waals surface area (Å²) in [6.07, 6.45) is 0.238. The molecular weight excluding hydrogens is 476 g/mol. The Morgan fingerprint density at radius 3 is 2.34 bits per heavy atom. The predicted molar refractivity (Wildman–Crippen MR) is 127 cm³/mol. The van der Waals surface area contributed by atoms with Gasteiger partial charge in [-0.05, 0) is 52.3 Å². The number of aryl methyl sites for hydroxylation is 1. The van der Waals surface area contributed by atoms with E-state index in [2.05, 4.69) is 20.9 Å². The molecule has 0 amide bonds. The number of nitrogens with zero attached hydrogens (tertiary/aromatic N) is 4. The number of hydrogen-bond donors (Lipinski definition) is 0. The lowest BCUT2D eigenvalue weighted by Gasteiger charge is -2.28. The highest BCUT2D eigenvalue weighted by Gasteiger charge is 2.35. The number of aromatic nitrogens is 4. The minimum Gasteiger partial charge on any atom is -0.460 e. The van der Waals surface area contributed by atoms with E-state index in [1.165, 1.54) is 11.6 Å². The standard InChI is InChI=1S/C23H29BrN4O4/c1-22(2,3)32-20(30)23(4,5)12-16-25-18-17(19(29)27(7)21(31)26(18)6)28(16)13-14-9-8-10-15(24)11-14/h8-11H,12-13H2,1-7H3. The number of hydrogen-bond acceptors (Lipinski definition) is 5. The molecule has 0 radical (unpaired) electrons. The van der Waals surface area contributed by atoms with Crippen molar-refractivity contribution in [2.75, 3.05) is 0 Å². The fourth-order valence-electron chi connectivity index (χ4n) is 3.50. The molecule has 3 rings (SSSR count). The van der Waals surface area contributed by atoms with Crippen LogP contribution < -0.4 is 11.2 Å². The molecule has 2 aromatic heterocycles. The highest BCUT2D eigenvalue weighted by molar-refractivity contribution is 9.10. The molecule has 0 N–H and O–H groups in total. The van der Waals surface area contributed by atoms with Crippen molar-refractivity contribution in [1.29, 1.82) is 0 Å². The van der Waals surface area contributed by atoms with Crippen LogP contribution in [0.1, 0.15) is 46.0 Å². The zero-order valence-corrected chi connectivity index (χ0v) is 21.1. The molecule has 0 unspecified atom stereocenters. The molecule has 0 aliphatic rings. The van der Waals surface area contributed by atoms with Gasteiger partial charge < -0.3 is 9.30 Å². The van der Waals surface area contributed by atoms with Crippen molar-refractivity contribution in [3.8, 4) is 0 Å². The number of carbonyl (C=O) groups excluding carboxylic acids is 1. The largest absolute Gasteiger partial charge is 0.460 e. The second kappa shape index (κ2) is 8.35. The number of fused-ring (bicyclic) bond motifs is 1. The lowest BCUT2D eigenvalue weighted by Crippen LogP contribution is -2.37. The number of benzene rings is 1. The predicted octanol–water partition coefficient (Wildman–Crippen LogP) is 3.15. The average Bonchev–Trinajstić information content (AvgIpc) is 3.01. The van der Waals surface area contributed by atoms with Crippen LogP contribution in [0, 0.1) is 5.41 Å². The Bertz CT molecular complexity index is 1310. The number of rotatable bonds is 5. The van der Waals surface area contributed by atoms with E-state index in [0.717, 1.165) is 14.6 Å². The van der Waals surface area contributed by atoms with Gasteiger partial charge >= 0.3 is 11.7 Å². The summed E-state index contributed by atoms with van der Waals surface area (Å²) in [7, 11) is 3.04. The summed E-state index contributed by atoms with van der Waals surface area (Å²) in [5.74, 6) is 0.182. The summed E-state index contributed by atoms with van der Waals surface area (Å²) in [4.78, 5) is 43.1. The number of imidazole rings is 1. The van der Waals surface area contributed by atoms with Gasteiger partial charge in [-0.15, -0.1) is 0 Å². The molecule has 0 aliphatic carbocycles. The Labute approximate surface area is 195 Å². The van der Waals surface area contributed by atoms with Gasteiger partial charge in [0.05, 0.1) is 5.41 Å². The Morgan fingerprint density at radius 2 is 1.75 bits per heavy atom. The first-order valence-corrected chi connectivity index (χ1v) is 11.1. The van der Waals surface area contributed by atoms with Crippen LogP contribution in [0.3, 0.4) is 0 Å². The van der Waals surface area contributed by atoms with Crippen molar-refractivity contribution in [3.05, 3.63) is 61.0 Å². The normalized spacial score (nSPS) is 12.4. The maximum Gasteiger partial charge on any atom is 0.332 e. The monoisotopic (exact) mass is 504 g/mol. The fraction of sp³-hybridized carbons (Fsp3) is 0.478. The topological polar surface area (TPSA) is 88.1 Å². The van der Waals surface area contributed by atoms with Gasteiger partial charge in [0.2, 0.25) is 0 Å². The molecule has 0 spiro atoms. The molecule has 3 aromatic rings. The van der Waals surface area contributed by atoms with Crippen LogP contribution >= 0.6 is 15.9 Å². The van der Waals surface area contributed by atoms with E-state index in [-0.39, 0.29) is 12.4 Å². The molecule has 0 fully saturated rings. The lowest BCUT2D eigenvalue weighted by atomic mass is 9.88. The van der Waals surface area contributed by atoms with Gasteiger partial charge in [0.15, 0.2) is 11.2 Å². The molecular formula is C23H29BrN4O4. The Morgan fingerprint density at radius 1 is 1.09 bits per heavy atom. The molecule has 0 saturated carbocycles. The molecule has 172 valence electrons. The summed E-state index contributed by atoms with van der Waals surface area (Å²) in [6.45, 7) is 9.42. The first-order valence-electron chi connectivity index (χ1n) is 10.3. The van der Waals surface area contributed by atoms with Gasteiger partial charge in [0, 0.05) is 31.5 Å². The van der Waals surface area contributed by atoms with Crippen molar-refractivity contribution < 1.29 is 9.53 Å². The third-order valence-corrected chi connectivity index (χ3v) is 5.70. The van der Waals surface area contributed by atoms with Crippen LogP contribution in [0.4, 0.5) is 0 Å². The molecule has 0 saturated heterocycles. The average molecular weight is 505 g/mol. The lowest BCUT2D eigenvalue weighted by molar-refractivity contribution is -0.165. The van der Waals surface area contributed by atoms with Crippen molar-refractivity contribution in [3.63, 3.8) is 0 Å². The van der Waals surface area contributed by atoms with Crippen LogP contribution in [-0.2, 0) is 36.6 Å². The van der Waals surface area contributed by atoms with E-state index in [4.69, 9.17) is 4.74 Å². The van der Waals surface area contributed by atoms with Gasteiger partial charge in [-0.25, -0.2) is 9.78 Å². The van der Waals surface area contributed by atoms with E-state index in [0.29, 0.717) is 23.5 Å². The Kier molecular flexibility index (Phi) is 6.25. The van der Waals surface area contributed by atoms with Crippen LogP contribution in [-0.4, -0.2) is 30.3 Å². The zero-order valence-electron chi connectivity index (χ0n) is 19.5. The summed E-state index contributed by atoms with van der Waals surface area (Å²) in [5, 5.41) is 0. The van der Waals surface area contributed by atoms with E-state index in [1.807, 2.05) is 45.0 Å². The van der Waals surface area contributed by atoms with Crippen LogP contribution in [0.25, 0.3) is 11.2 Å². The van der Waals surface area contributed by atoms with Gasteiger partial charge in [-0.1, -0.05) is 28.1 Å². The van der Waals surface area contributed by atoms with Gasteiger partial charge in [0.1, 0.15) is 11.4 Å². The number of ether oxygens (including phenoxy) is 1. The second-order valence-corrected chi connectivity index (χ2v) is 10.6. The van der Waals surface area contributed by atoms with Crippen molar-refractivity contribution in [2.24, 2.45) is 19.5 Å². The maximum absolute atomic E-state index is 13.1. The van der Waals surface area contributed by atoms with E-state index < -0.39 is 22.3 Å². The summed E-state index contributed by atoms with van der Waals surface area (Å²) < 4.78 is 10.7. The molecule has 8 nitrogen and oxygen atoms in total. The Hall–Kier alpha value is -2.68. The molecule has 9 heteroatoms. The number of esters is 1. The minimum absolute atomic E-state index is 0.238. The molecule has 32 heavy (non-hydrogen) atoms. The van der Waals surface area contributed by atoms with Gasteiger partial charge in [-0.3, -0.25) is 18.7 Å². The Balaban J connectivity index is 2.20. The molecule has 2 heterocycles. The number of halogens is 1. The third-order valence-electron chi connectivity index (χ3n) is 5.21. The van der Waals surface area contributed by atoms with Crippen molar-refractivity contribution in [2.45, 2.75) is 53.2 Å². The first kappa shape index (κ1) is 24.0. The highest BCUT2D eigenvalue weighted by atomic mass is 79.9. The SMILES string of the molecule is Cn1c(=O)c2c(nc(CC(C)(C)C(=O)OC(C)(C)C)n2Cc2cccc(Br)c2)n(C)c1=O. The zero-order chi connectivity index (χ0) is 24.0. The number of carbonyl (C=O) groups is 1. The van der Waals surface area contributed by atoms with Crippen molar-refractivity contribution >= 4 is 33.1 Å². The summed E-state index contributed by atoms with van der Waals surface area (Å²) in [5.41, 5.74) is -0.823. The van der Waals surface area contributed by atoms with Crippen LogP contribution in [0.2, 0.25) is 0 Å². The molecule has 0 atom stereocenters.